The van der Waals surface area contributed by atoms with E-state index in [1.54, 1.807) is 7.11 Å². The third-order valence-electron chi connectivity index (χ3n) is 7.17. The summed E-state index contributed by atoms with van der Waals surface area (Å²) in [5.74, 6) is 1.69. The number of carbonyl (C=O) groups excluding carboxylic acids is 1. The van der Waals surface area contributed by atoms with E-state index < -0.39 is 0 Å². The predicted molar refractivity (Wildman–Crippen MR) is 154 cm³/mol. The number of pyridine rings is 1. The molecule has 1 amide bonds. The number of methoxy groups -OCH3 is 1. The third-order valence-corrected chi connectivity index (χ3v) is 8.83. The number of carbonyl (C=O) groups is 1. The number of thiophene rings is 1. The van der Waals surface area contributed by atoms with Gasteiger partial charge in [0.25, 0.3) is 5.91 Å². The zero-order valence-corrected chi connectivity index (χ0v) is 23.1. The third kappa shape index (κ3) is 5.32. The predicted octanol–water partition coefficient (Wildman–Crippen LogP) is 7.67. The van der Waals surface area contributed by atoms with Gasteiger partial charge in [-0.15, -0.1) is 11.3 Å². The second-order valence-corrected chi connectivity index (χ2v) is 11.2. The molecule has 5 rings (SSSR count). The van der Waals surface area contributed by atoms with Gasteiger partial charge in [0, 0.05) is 54.1 Å². The summed E-state index contributed by atoms with van der Waals surface area (Å²) in [6.45, 7) is 0.467. The van der Waals surface area contributed by atoms with E-state index in [2.05, 4.69) is 17.1 Å². The van der Waals surface area contributed by atoms with Gasteiger partial charge in [-0.25, -0.2) is 4.98 Å². The molecule has 4 aromatic rings. The molecule has 2 aromatic heterocycles. The molecule has 0 N–H and O–H groups in total. The lowest BCUT2D eigenvalue weighted by Gasteiger charge is -2.34. The maximum Gasteiger partial charge on any atom is 0.266 e. The second-order valence-electron chi connectivity index (χ2n) is 9.79. The first-order chi connectivity index (χ1) is 18.0. The zero-order chi connectivity index (χ0) is 25.9. The largest absolute Gasteiger partial charge is 0.496 e. The van der Waals surface area contributed by atoms with Crippen LogP contribution in [0.15, 0.2) is 60.8 Å². The number of nitrogens with zero attached hydrogens (tertiary/aromatic N) is 3. The number of hydrogen-bond donors (Lipinski definition) is 0. The molecule has 0 aliphatic heterocycles. The van der Waals surface area contributed by atoms with Crippen LogP contribution in [0.4, 0.5) is 5.82 Å². The van der Waals surface area contributed by atoms with Crippen molar-refractivity contribution in [2.24, 2.45) is 0 Å². The zero-order valence-electron chi connectivity index (χ0n) is 21.5. The van der Waals surface area contributed by atoms with Crippen LogP contribution in [0.1, 0.15) is 47.3 Å². The average Bonchev–Trinajstić information content (AvgIpc) is 3.28. The monoisotopic (exact) mass is 533 g/mol. The summed E-state index contributed by atoms with van der Waals surface area (Å²) >= 11 is 8.25. The highest BCUT2D eigenvalue weighted by Crippen LogP contribution is 2.38. The number of hydrogen-bond acceptors (Lipinski definition) is 5. The summed E-state index contributed by atoms with van der Waals surface area (Å²) in [4.78, 5) is 23.3. The Morgan fingerprint density at radius 2 is 1.81 bits per heavy atom. The lowest BCUT2D eigenvalue weighted by atomic mass is 9.93. The van der Waals surface area contributed by atoms with E-state index in [-0.39, 0.29) is 11.9 Å². The van der Waals surface area contributed by atoms with Crippen molar-refractivity contribution >= 4 is 44.7 Å². The molecule has 1 aliphatic rings. The average molecular weight is 534 g/mol. The SMILES string of the molecule is COc1ccc(-c2ccc(N(C)C)nc2)cc1CN(C(=O)c1sc2ccccc2c1Cl)C1CCCCC1. The quantitative estimate of drug-likeness (QED) is 0.244. The Labute approximate surface area is 227 Å². The number of rotatable bonds is 7. The molecule has 192 valence electrons. The second kappa shape index (κ2) is 11.1. The van der Waals surface area contributed by atoms with Gasteiger partial charge < -0.3 is 14.5 Å². The van der Waals surface area contributed by atoms with Crippen molar-refractivity contribution in [2.75, 3.05) is 26.1 Å². The Bertz CT molecular complexity index is 1390. The summed E-state index contributed by atoms with van der Waals surface area (Å²) in [6.07, 6.45) is 7.39. The molecule has 5 nitrogen and oxygen atoms in total. The van der Waals surface area contributed by atoms with Gasteiger partial charge in [-0.05, 0) is 48.7 Å². The number of benzene rings is 2. The summed E-state index contributed by atoms with van der Waals surface area (Å²) in [5.41, 5.74) is 3.05. The van der Waals surface area contributed by atoms with Crippen molar-refractivity contribution in [3.63, 3.8) is 0 Å². The fourth-order valence-corrected chi connectivity index (χ4v) is 6.60. The Hall–Kier alpha value is -3.09. The number of ether oxygens (including phenoxy) is 1. The van der Waals surface area contributed by atoms with Crippen LogP contribution < -0.4 is 9.64 Å². The van der Waals surface area contributed by atoms with Crippen molar-refractivity contribution in [3.05, 3.63) is 76.3 Å². The molecule has 0 atom stereocenters. The maximum atomic E-state index is 14.1. The minimum absolute atomic E-state index is 0.00237. The Morgan fingerprint density at radius 1 is 1.05 bits per heavy atom. The molecule has 1 aliphatic carbocycles. The van der Waals surface area contributed by atoms with Crippen LogP contribution in [0, 0.1) is 0 Å². The minimum Gasteiger partial charge on any atom is -0.496 e. The minimum atomic E-state index is 0.00237. The maximum absolute atomic E-state index is 14.1. The van der Waals surface area contributed by atoms with Crippen LogP contribution in [0.3, 0.4) is 0 Å². The molecular weight excluding hydrogens is 502 g/mol. The Morgan fingerprint density at radius 3 is 2.49 bits per heavy atom. The van der Waals surface area contributed by atoms with E-state index in [0.29, 0.717) is 16.4 Å². The molecule has 0 radical (unpaired) electrons. The van der Waals surface area contributed by atoms with E-state index in [4.69, 9.17) is 16.3 Å². The van der Waals surface area contributed by atoms with Crippen LogP contribution >= 0.6 is 22.9 Å². The van der Waals surface area contributed by atoms with Gasteiger partial charge in [-0.3, -0.25) is 4.79 Å². The summed E-state index contributed by atoms with van der Waals surface area (Å²) in [5, 5.41) is 1.49. The molecule has 0 bridgehead atoms. The molecule has 7 heteroatoms. The summed E-state index contributed by atoms with van der Waals surface area (Å²) in [7, 11) is 5.64. The lowest BCUT2D eigenvalue weighted by molar-refractivity contribution is 0.0618. The molecule has 1 saturated carbocycles. The van der Waals surface area contributed by atoms with Gasteiger partial charge in [-0.2, -0.15) is 0 Å². The fourth-order valence-electron chi connectivity index (χ4n) is 5.13. The standard InChI is InChI=1S/C30H32ClN3O2S/c1-33(2)27-16-14-21(18-32-27)20-13-15-25(36-3)22(17-20)19-34(23-9-5-4-6-10-23)30(35)29-28(31)24-11-7-8-12-26(24)37-29/h7-8,11-18,23H,4-6,9-10,19H2,1-3H3. The van der Waals surface area contributed by atoms with Gasteiger partial charge >= 0.3 is 0 Å². The van der Waals surface area contributed by atoms with E-state index in [1.807, 2.05) is 72.6 Å². The highest BCUT2D eigenvalue weighted by Gasteiger charge is 2.30. The highest BCUT2D eigenvalue weighted by atomic mass is 35.5. The van der Waals surface area contributed by atoms with E-state index >= 15 is 0 Å². The first kappa shape index (κ1) is 25.6. The van der Waals surface area contributed by atoms with Gasteiger partial charge in [-0.1, -0.05) is 55.1 Å². The summed E-state index contributed by atoms with van der Waals surface area (Å²) in [6, 6.07) is 18.4. The van der Waals surface area contributed by atoms with Crippen molar-refractivity contribution < 1.29 is 9.53 Å². The Balaban J connectivity index is 1.51. The first-order valence-corrected chi connectivity index (χ1v) is 13.9. The number of anilines is 1. The van der Waals surface area contributed by atoms with E-state index in [0.717, 1.165) is 64.0 Å². The molecular formula is C30H32ClN3O2S. The Kier molecular flexibility index (Phi) is 7.68. The summed E-state index contributed by atoms with van der Waals surface area (Å²) < 4.78 is 6.78. The molecule has 0 unspecified atom stereocenters. The van der Waals surface area contributed by atoms with Crippen molar-refractivity contribution in [1.82, 2.24) is 9.88 Å². The molecule has 2 aromatic carbocycles. The van der Waals surface area contributed by atoms with Crippen LogP contribution in [-0.4, -0.2) is 43.0 Å². The van der Waals surface area contributed by atoms with Gasteiger partial charge in [0.15, 0.2) is 0 Å². The normalized spacial score (nSPS) is 14.1. The van der Waals surface area contributed by atoms with Gasteiger partial charge in [0.05, 0.1) is 12.1 Å². The van der Waals surface area contributed by atoms with Crippen LogP contribution in [0.2, 0.25) is 5.02 Å². The van der Waals surface area contributed by atoms with Crippen LogP contribution in [0.25, 0.3) is 21.2 Å². The van der Waals surface area contributed by atoms with Crippen LogP contribution in [0.5, 0.6) is 5.75 Å². The number of amides is 1. The smallest absolute Gasteiger partial charge is 0.266 e. The molecule has 0 spiro atoms. The van der Waals surface area contributed by atoms with Crippen molar-refractivity contribution in [2.45, 2.75) is 44.7 Å². The molecule has 2 heterocycles. The van der Waals surface area contributed by atoms with Crippen LogP contribution in [-0.2, 0) is 6.54 Å². The van der Waals surface area contributed by atoms with Gasteiger partial charge in [0.2, 0.25) is 0 Å². The number of halogens is 1. The van der Waals surface area contributed by atoms with Crippen molar-refractivity contribution in [1.29, 1.82) is 0 Å². The lowest BCUT2D eigenvalue weighted by Crippen LogP contribution is -2.40. The van der Waals surface area contributed by atoms with E-state index in [1.165, 1.54) is 17.8 Å². The van der Waals surface area contributed by atoms with Crippen molar-refractivity contribution in [3.8, 4) is 16.9 Å². The molecule has 0 saturated heterocycles. The molecule has 1 fully saturated rings. The number of aromatic nitrogens is 1. The van der Waals surface area contributed by atoms with Gasteiger partial charge in [0.1, 0.15) is 16.4 Å². The van der Waals surface area contributed by atoms with E-state index in [9.17, 15) is 4.79 Å². The fraction of sp³-hybridized carbons (Fsp3) is 0.333. The number of fused-ring (bicyclic) bond motifs is 1. The first-order valence-electron chi connectivity index (χ1n) is 12.7. The molecule has 37 heavy (non-hydrogen) atoms. The topological polar surface area (TPSA) is 45.7 Å². The highest BCUT2D eigenvalue weighted by molar-refractivity contribution is 7.21.